The number of aryl methyl sites for hydroxylation is 2. The number of nitrogens with zero attached hydrogens (tertiary/aromatic N) is 2. The third-order valence-electron chi connectivity index (χ3n) is 2.81. The summed E-state index contributed by atoms with van der Waals surface area (Å²) in [6.45, 7) is 4.78. The highest BCUT2D eigenvalue weighted by atomic mass is 16.3. The van der Waals surface area contributed by atoms with Crippen molar-refractivity contribution in [1.82, 2.24) is 9.97 Å². The van der Waals surface area contributed by atoms with Gasteiger partial charge in [-0.2, -0.15) is 0 Å². The predicted octanol–water partition coefficient (Wildman–Crippen LogP) is 2.20. The highest BCUT2D eigenvalue weighted by molar-refractivity contribution is 5.37. The van der Waals surface area contributed by atoms with Gasteiger partial charge in [0, 0.05) is 6.54 Å². The molecule has 0 aliphatic heterocycles. The summed E-state index contributed by atoms with van der Waals surface area (Å²) in [5, 5.41) is 12.2. The first-order valence-corrected chi connectivity index (χ1v) is 5.91. The molecule has 2 rings (SSSR count). The van der Waals surface area contributed by atoms with Crippen molar-refractivity contribution in [1.29, 1.82) is 0 Å². The molecule has 4 heteroatoms. The van der Waals surface area contributed by atoms with Crippen molar-refractivity contribution in [3.8, 4) is 0 Å². The van der Waals surface area contributed by atoms with E-state index in [1.165, 1.54) is 16.7 Å². The quantitative estimate of drug-likeness (QED) is 0.864. The molecule has 18 heavy (non-hydrogen) atoms. The highest BCUT2D eigenvalue weighted by Gasteiger charge is 2.01. The summed E-state index contributed by atoms with van der Waals surface area (Å²) in [5.74, 6) is 0.683. The third kappa shape index (κ3) is 3.05. The number of hydrogen-bond acceptors (Lipinski definition) is 4. The van der Waals surface area contributed by atoms with Crippen molar-refractivity contribution in [2.45, 2.75) is 27.0 Å². The zero-order valence-corrected chi connectivity index (χ0v) is 10.6. The molecule has 0 saturated heterocycles. The van der Waals surface area contributed by atoms with Crippen LogP contribution in [0.1, 0.15) is 22.4 Å². The Kier molecular flexibility index (Phi) is 3.89. The summed E-state index contributed by atoms with van der Waals surface area (Å²) < 4.78 is 0. The minimum atomic E-state index is -0.0913. The van der Waals surface area contributed by atoms with Crippen LogP contribution in [0.15, 0.2) is 30.6 Å². The summed E-state index contributed by atoms with van der Waals surface area (Å²) in [7, 11) is 0. The Morgan fingerprint density at radius 2 is 2.06 bits per heavy atom. The molecule has 0 spiro atoms. The largest absolute Gasteiger partial charge is 0.390 e. The SMILES string of the molecule is Cc1ccc(C)c(CNc2cncc(CO)n2)c1. The molecule has 0 atom stereocenters. The van der Waals surface area contributed by atoms with E-state index in [-0.39, 0.29) is 6.61 Å². The molecule has 0 saturated carbocycles. The van der Waals surface area contributed by atoms with Crippen molar-refractivity contribution in [2.75, 3.05) is 5.32 Å². The van der Waals surface area contributed by atoms with Gasteiger partial charge in [0.1, 0.15) is 5.82 Å². The van der Waals surface area contributed by atoms with Gasteiger partial charge < -0.3 is 10.4 Å². The lowest BCUT2D eigenvalue weighted by Gasteiger charge is -2.09. The van der Waals surface area contributed by atoms with Crippen molar-refractivity contribution in [3.63, 3.8) is 0 Å². The normalized spacial score (nSPS) is 10.4. The molecule has 2 aromatic rings. The number of rotatable bonds is 4. The van der Waals surface area contributed by atoms with Crippen molar-refractivity contribution in [3.05, 3.63) is 53.0 Å². The second-order valence-electron chi connectivity index (χ2n) is 4.34. The molecule has 0 bridgehead atoms. The van der Waals surface area contributed by atoms with E-state index in [2.05, 4.69) is 47.3 Å². The lowest BCUT2D eigenvalue weighted by atomic mass is 10.1. The van der Waals surface area contributed by atoms with Crippen LogP contribution in [0.2, 0.25) is 0 Å². The molecular weight excluding hydrogens is 226 g/mol. The van der Waals surface area contributed by atoms with Crippen molar-refractivity contribution < 1.29 is 5.11 Å². The van der Waals surface area contributed by atoms with Gasteiger partial charge >= 0.3 is 0 Å². The summed E-state index contributed by atoms with van der Waals surface area (Å²) >= 11 is 0. The lowest BCUT2D eigenvalue weighted by molar-refractivity contribution is 0.276. The smallest absolute Gasteiger partial charge is 0.145 e. The average molecular weight is 243 g/mol. The molecule has 0 fully saturated rings. The van der Waals surface area contributed by atoms with Gasteiger partial charge in [0.25, 0.3) is 0 Å². The first kappa shape index (κ1) is 12.5. The number of anilines is 1. The zero-order valence-electron chi connectivity index (χ0n) is 10.6. The van der Waals surface area contributed by atoms with Crippen LogP contribution in [0.5, 0.6) is 0 Å². The minimum Gasteiger partial charge on any atom is -0.390 e. The summed E-state index contributed by atoms with van der Waals surface area (Å²) in [6, 6.07) is 6.37. The first-order valence-electron chi connectivity index (χ1n) is 5.91. The molecule has 0 aliphatic rings. The Morgan fingerprint density at radius 3 is 2.83 bits per heavy atom. The molecule has 0 unspecified atom stereocenters. The minimum absolute atomic E-state index is 0.0913. The van der Waals surface area contributed by atoms with Gasteiger partial charge in [0.05, 0.1) is 24.7 Å². The van der Waals surface area contributed by atoms with E-state index in [1.807, 2.05) is 0 Å². The van der Waals surface area contributed by atoms with E-state index in [0.717, 1.165) is 0 Å². The van der Waals surface area contributed by atoms with Gasteiger partial charge in [0.15, 0.2) is 0 Å². The molecule has 0 aliphatic carbocycles. The van der Waals surface area contributed by atoms with E-state index >= 15 is 0 Å². The highest BCUT2D eigenvalue weighted by Crippen LogP contribution is 2.12. The van der Waals surface area contributed by atoms with Gasteiger partial charge in [-0.3, -0.25) is 4.98 Å². The molecule has 0 radical (unpaired) electrons. The maximum atomic E-state index is 9.00. The lowest BCUT2D eigenvalue weighted by Crippen LogP contribution is -2.05. The topological polar surface area (TPSA) is 58.0 Å². The van der Waals surface area contributed by atoms with E-state index in [1.54, 1.807) is 12.4 Å². The zero-order chi connectivity index (χ0) is 13.0. The van der Waals surface area contributed by atoms with Crippen LogP contribution >= 0.6 is 0 Å². The first-order chi connectivity index (χ1) is 8.69. The second-order valence-corrected chi connectivity index (χ2v) is 4.34. The monoisotopic (exact) mass is 243 g/mol. The molecule has 0 amide bonds. The van der Waals surface area contributed by atoms with Crippen molar-refractivity contribution in [2.24, 2.45) is 0 Å². The van der Waals surface area contributed by atoms with Gasteiger partial charge in [-0.25, -0.2) is 4.98 Å². The maximum absolute atomic E-state index is 9.00. The molecule has 4 nitrogen and oxygen atoms in total. The second kappa shape index (κ2) is 5.60. The summed E-state index contributed by atoms with van der Waals surface area (Å²) in [5.41, 5.74) is 4.30. The molecule has 1 heterocycles. The Morgan fingerprint density at radius 1 is 1.22 bits per heavy atom. The standard InChI is InChI=1S/C14H17N3O/c1-10-3-4-11(2)12(5-10)6-16-14-8-15-7-13(9-18)17-14/h3-5,7-8,18H,6,9H2,1-2H3,(H,16,17). The molecular formula is C14H17N3O. The van der Waals surface area contributed by atoms with Crippen LogP contribution < -0.4 is 5.32 Å². The Bertz CT molecular complexity index is 540. The molecule has 94 valence electrons. The van der Waals surface area contributed by atoms with Crippen molar-refractivity contribution >= 4 is 5.82 Å². The van der Waals surface area contributed by atoms with Crippen LogP contribution in [0, 0.1) is 13.8 Å². The Labute approximate surface area is 107 Å². The van der Waals surface area contributed by atoms with Gasteiger partial charge in [-0.05, 0) is 25.0 Å². The summed E-state index contributed by atoms with van der Waals surface area (Å²) in [4.78, 5) is 8.26. The number of nitrogens with one attached hydrogen (secondary N) is 1. The average Bonchev–Trinajstić information content (AvgIpc) is 2.40. The molecule has 1 aromatic heterocycles. The van der Waals surface area contributed by atoms with Crippen LogP contribution in [0.3, 0.4) is 0 Å². The molecule has 2 N–H and O–H groups in total. The van der Waals surface area contributed by atoms with Gasteiger partial charge in [-0.15, -0.1) is 0 Å². The van der Waals surface area contributed by atoms with Crippen LogP contribution in [0.25, 0.3) is 0 Å². The van der Waals surface area contributed by atoms with Crippen LogP contribution in [-0.4, -0.2) is 15.1 Å². The van der Waals surface area contributed by atoms with E-state index in [9.17, 15) is 0 Å². The third-order valence-corrected chi connectivity index (χ3v) is 2.81. The van der Waals surface area contributed by atoms with E-state index in [0.29, 0.717) is 18.1 Å². The fourth-order valence-electron chi connectivity index (χ4n) is 1.74. The van der Waals surface area contributed by atoms with E-state index < -0.39 is 0 Å². The number of aromatic nitrogens is 2. The fourth-order valence-corrected chi connectivity index (χ4v) is 1.74. The number of aliphatic hydroxyl groups is 1. The van der Waals surface area contributed by atoms with Crippen LogP contribution in [0.4, 0.5) is 5.82 Å². The Balaban J connectivity index is 2.08. The van der Waals surface area contributed by atoms with Gasteiger partial charge in [-0.1, -0.05) is 23.8 Å². The number of hydrogen-bond donors (Lipinski definition) is 2. The molecule has 1 aromatic carbocycles. The summed E-state index contributed by atoms with van der Waals surface area (Å²) in [6.07, 6.45) is 3.22. The van der Waals surface area contributed by atoms with E-state index in [4.69, 9.17) is 5.11 Å². The fraction of sp³-hybridized carbons (Fsp3) is 0.286. The van der Waals surface area contributed by atoms with Gasteiger partial charge in [0.2, 0.25) is 0 Å². The van der Waals surface area contributed by atoms with Crippen LogP contribution in [-0.2, 0) is 13.2 Å². The maximum Gasteiger partial charge on any atom is 0.145 e. The number of aliphatic hydroxyl groups excluding tert-OH is 1. The predicted molar refractivity (Wildman–Crippen MR) is 71.2 cm³/mol. The Hall–Kier alpha value is -1.94. The number of benzene rings is 1.